The van der Waals surface area contributed by atoms with Gasteiger partial charge in [0.15, 0.2) is 11.6 Å². The molecule has 0 bridgehead atoms. The predicted molar refractivity (Wildman–Crippen MR) is 89.6 cm³/mol. The van der Waals surface area contributed by atoms with E-state index < -0.39 is 0 Å². The maximum atomic E-state index is 14.4. The van der Waals surface area contributed by atoms with Crippen LogP contribution in [0.1, 0.15) is 62.5 Å². The Labute approximate surface area is 133 Å². The Balaban J connectivity index is 1.59. The molecule has 1 aromatic rings. The van der Waals surface area contributed by atoms with Crippen LogP contribution in [0.15, 0.2) is 18.2 Å². The third-order valence-corrected chi connectivity index (χ3v) is 5.35. The molecule has 0 N–H and O–H groups in total. The minimum Gasteiger partial charge on any atom is -0.490 e. The van der Waals surface area contributed by atoms with Crippen LogP contribution in [-0.2, 0) is 0 Å². The van der Waals surface area contributed by atoms with E-state index in [-0.39, 0.29) is 5.82 Å². The van der Waals surface area contributed by atoms with Gasteiger partial charge in [0.05, 0.1) is 6.61 Å². The molecule has 120 valence electrons. The number of hydrogen-bond acceptors (Lipinski definition) is 1. The molecule has 0 aliphatic heterocycles. The van der Waals surface area contributed by atoms with Crippen LogP contribution < -0.4 is 4.74 Å². The van der Waals surface area contributed by atoms with Gasteiger partial charge in [-0.05, 0) is 55.2 Å². The summed E-state index contributed by atoms with van der Waals surface area (Å²) >= 11 is 0. The first-order chi connectivity index (χ1) is 10.7. The Kier molecular flexibility index (Phi) is 5.17. The molecule has 2 aliphatic carbocycles. The fourth-order valence-electron chi connectivity index (χ4n) is 3.47. The summed E-state index contributed by atoms with van der Waals surface area (Å²) in [6.07, 6.45) is 14.6. The van der Waals surface area contributed by atoms with E-state index in [4.69, 9.17) is 4.74 Å². The van der Waals surface area contributed by atoms with Crippen molar-refractivity contribution in [3.8, 4) is 5.75 Å². The highest BCUT2D eigenvalue weighted by Gasteiger charge is 2.18. The number of rotatable bonds is 6. The van der Waals surface area contributed by atoms with Crippen LogP contribution in [0.25, 0.3) is 6.08 Å². The van der Waals surface area contributed by atoms with Crippen LogP contribution in [0.4, 0.5) is 4.39 Å². The predicted octanol–water partition coefficient (Wildman–Crippen LogP) is 5.91. The highest BCUT2D eigenvalue weighted by Crippen LogP contribution is 2.31. The Bertz CT molecular complexity index is 525. The molecule has 0 heterocycles. The number of ether oxygens (including phenoxy) is 1. The van der Waals surface area contributed by atoms with Crippen LogP contribution >= 0.6 is 0 Å². The van der Waals surface area contributed by atoms with Gasteiger partial charge in [-0.2, -0.15) is 0 Å². The van der Waals surface area contributed by atoms with E-state index in [9.17, 15) is 4.39 Å². The van der Waals surface area contributed by atoms with Crippen LogP contribution in [0.5, 0.6) is 5.75 Å². The maximum Gasteiger partial charge on any atom is 0.168 e. The molecule has 0 saturated heterocycles. The minimum atomic E-state index is -0.192. The summed E-state index contributed by atoms with van der Waals surface area (Å²) in [6.45, 7) is 2.49. The Morgan fingerprint density at radius 1 is 1.14 bits per heavy atom. The zero-order valence-corrected chi connectivity index (χ0v) is 13.6. The van der Waals surface area contributed by atoms with Crippen molar-refractivity contribution in [1.82, 2.24) is 0 Å². The average molecular weight is 302 g/mol. The average Bonchev–Trinajstić information content (AvgIpc) is 2.98. The molecule has 2 heteroatoms. The Hall–Kier alpha value is -1.31. The van der Waals surface area contributed by atoms with Crippen molar-refractivity contribution in [3.63, 3.8) is 0 Å². The van der Waals surface area contributed by atoms with Gasteiger partial charge in [-0.15, -0.1) is 0 Å². The SMILES string of the molecule is Cc1c(/C=C/C2CCCC2)ccc(OCCC2CCC2)c1F. The second-order valence-electron chi connectivity index (χ2n) is 6.93. The lowest BCUT2D eigenvalue weighted by Gasteiger charge is -2.25. The second-order valence-corrected chi connectivity index (χ2v) is 6.93. The highest BCUT2D eigenvalue weighted by atomic mass is 19.1. The van der Waals surface area contributed by atoms with Gasteiger partial charge in [0.25, 0.3) is 0 Å². The number of hydrogen-bond donors (Lipinski definition) is 0. The molecule has 2 aliphatic rings. The van der Waals surface area contributed by atoms with Gasteiger partial charge >= 0.3 is 0 Å². The van der Waals surface area contributed by atoms with Gasteiger partial charge in [0.2, 0.25) is 0 Å². The van der Waals surface area contributed by atoms with Gasteiger partial charge in [-0.3, -0.25) is 0 Å². The molecule has 0 unspecified atom stereocenters. The van der Waals surface area contributed by atoms with Crippen LogP contribution in [0.2, 0.25) is 0 Å². The van der Waals surface area contributed by atoms with Gasteiger partial charge in [0, 0.05) is 0 Å². The molecule has 2 fully saturated rings. The van der Waals surface area contributed by atoms with Gasteiger partial charge in [0.1, 0.15) is 0 Å². The molecule has 1 aromatic carbocycles. The molecule has 0 amide bonds. The second kappa shape index (κ2) is 7.30. The van der Waals surface area contributed by atoms with Crippen LogP contribution in [-0.4, -0.2) is 6.61 Å². The molecule has 0 radical (unpaired) electrons. The van der Waals surface area contributed by atoms with Crippen molar-refractivity contribution in [3.05, 3.63) is 35.2 Å². The summed E-state index contributed by atoms with van der Waals surface area (Å²) in [6, 6.07) is 3.78. The summed E-state index contributed by atoms with van der Waals surface area (Å²) in [4.78, 5) is 0. The number of halogens is 1. The van der Waals surface area contributed by atoms with E-state index in [0.29, 0.717) is 23.8 Å². The lowest BCUT2D eigenvalue weighted by Crippen LogP contribution is -2.14. The molecule has 0 atom stereocenters. The van der Waals surface area contributed by atoms with E-state index in [2.05, 4.69) is 12.2 Å². The van der Waals surface area contributed by atoms with Crippen LogP contribution in [0, 0.1) is 24.6 Å². The largest absolute Gasteiger partial charge is 0.490 e. The topological polar surface area (TPSA) is 9.23 Å². The zero-order valence-electron chi connectivity index (χ0n) is 13.6. The fraction of sp³-hybridized carbons (Fsp3) is 0.600. The minimum absolute atomic E-state index is 0.192. The van der Waals surface area contributed by atoms with Crippen molar-refractivity contribution in [2.45, 2.75) is 58.3 Å². The first-order valence-electron chi connectivity index (χ1n) is 8.84. The summed E-state index contributed by atoms with van der Waals surface area (Å²) in [5.74, 6) is 1.70. The van der Waals surface area contributed by atoms with E-state index >= 15 is 0 Å². The van der Waals surface area contributed by atoms with E-state index in [1.165, 1.54) is 44.9 Å². The summed E-state index contributed by atoms with van der Waals surface area (Å²) in [7, 11) is 0. The Morgan fingerprint density at radius 2 is 1.91 bits per heavy atom. The van der Waals surface area contributed by atoms with E-state index in [0.717, 1.165) is 17.9 Å². The number of benzene rings is 1. The number of allylic oxidation sites excluding steroid dienone is 1. The standard InChI is InChI=1S/C20H27FO/c1-15-18(10-9-16-5-2-3-6-16)11-12-19(20(15)21)22-14-13-17-7-4-8-17/h9-12,16-17H,2-8,13-14H2,1H3/b10-9+. The summed E-state index contributed by atoms with van der Waals surface area (Å²) < 4.78 is 20.1. The Morgan fingerprint density at radius 3 is 2.59 bits per heavy atom. The zero-order chi connectivity index (χ0) is 15.4. The van der Waals surface area contributed by atoms with Gasteiger partial charge < -0.3 is 4.74 Å². The van der Waals surface area contributed by atoms with Crippen molar-refractivity contribution >= 4 is 6.08 Å². The molecular formula is C20H27FO. The quantitative estimate of drug-likeness (QED) is 0.635. The van der Waals surface area contributed by atoms with Crippen molar-refractivity contribution < 1.29 is 9.13 Å². The normalized spacial score (nSPS) is 19.7. The third-order valence-electron chi connectivity index (χ3n) is 5.35. The fourth-order valence-corrected chi connectivity index (χ4v) is 3.47. The van der Waals surface area contributed by atoms with E-state index in [1.54, 1.807) is 6.07 Å². The van der Waals surface area contributed by atoms with Gasteiger partial charge in [-0.25, -0.2) is 4.39 Å². The molecule has 3 rings (SSSR count). The van der Waals surface area contributed by atoms with Crippen molar-refractivity contribution in [2.24, 2.45) is 11.8 Å². The maximum absolute atomic E-state index is 14.4. The van der Waals surface area contributed by atoms with Crippen LogP contribution in [0.3, 0.4) is 0 Å². The van der Waals surface area contributed by atoms with Gasteiger partial charge in [-0.1, -0.05) is 50.3 Å². The summed E-state index contributed by atoms with van der Waals surface area (Å²) in [5.41, 5.74) is 1.69. The molecule has 0 aromatic heterocycles. The lowest BCUT2D eigenvalue weighted by molar-refractivity contribution is 0.216. The first-order valence-corrected chi connectivity index (χ1v) is 8.84. The monoisotopic (exact) mass is 302 g/mol. The third kappa shape index (κ3) is 3.71. The molecule has 22 heavy (non-hydrogen) atoms. The van der Waals surface area contributed by atoms with Crippen molar-refractivity contribution in [1.29, 1.82) is 0 Å². The molecule has 1 nitrogen and oxygen atoms in total. The highest BCUT2D eigenvalue weighted by molar-refractivity contribution is 5.56. The van der Waals surface area contributed by atoms with Crippen molar-refractivity contribution in [2.75, 3.05) is 6.61 Å². The first kappa shape index (κ1) is 15.6. The molecular weight excluding hydrogens is 275 g/mol. The van der Waals surface area contributed by atoms with E-state index in [1.807, 2.05) is 13.0 Å². The smallest absolute Gasteiger partial charge is 0.168 e. The lowest BCUT2D eigenvalue weighted by atomic mass is 9.83. The molecule has 0 spiro atoms. The summed E-state index contributed by atoms with van der Waals surface area (Å²) in [5, 5.41) is 0. The molecule has 2 saturated carbocycles.